The molecule has 5 aromatic rings. The van der Waals surface area contributed by atoms with Crippen LogP contribution < -0.4 is 21.5 Å². The molecule has 47 heavy (non-hydrogen) atoms. The highest BCUT2D eigenvalue weighted by Gasteiger charge is 2.29. The maximum atomic E-state index is 14.1. The summed E-state index contributed by atoms with van der Waals surface area (Å²) in [5, 5.41) is 3.95. The Labute approximate surface area is 269 Å². The maximum absolute atomic E-state index is 14.1. The summed E-state index contributed by atoms with van der Waals surface area (Å²) in [6.45, 7) is 4.64. The van der Waals surface area contributed by atoms with Crippen LogP contribution in [0.25, 0.3) is 22.1 Å². The average molecular weight is 635 g/mol. The Hall–Kier alpha value is -5.77. The molecule has 1 atom stereocenters. The number of ether oxygens (including phenoxy) is 1. The Morgan fingerprint density at radius 1 is 1.02 bits per heavy atom. The number of fused-ring (bicyclic) bond motifs is 2. The first kappa shape index (κ1) is 31.2. The second-order valence-electron chi connectivity index (χ2n) is 11.4. The molecule has 0 spiro atoms. The fourth-order valence-electron chi connectivity index (χ4n) is 6.06. The third-order valence-electron chi connectivity index (χ3n) is 8.38. The lowest BCUT2D eigenvalue weighted by molar-refractivity contribution is 0.0596. The summed E-state index contributed by atoms with van der Waals surface area (Å²) in [5.41, 5.74) is 1.30. The molecule has 1 saturated heterocycles. The number of rotatable bonds is 7. The molecule has 0 bridgehead atoms. The van der Waals surface area contributed by atoms with E-state index in [-0.39, 0.29) is 47.3 Å². The number of nitrogens with one attached hydrogen (secondary N) is 1. The monoisotopic (exact) mass is 634 g/mol. The molecule has 1 aliphatic heterocycles. The van der Waals surface area contributed by atoms with E-state index in [0.717, 1.165) is 27.6 Å². The van der Waals surface area contributed by atoms with Crippen molar-refractivity contribution in [2.24, 2.45) is 7.05 Å². The lowest BCUT2D eigenvalue weighted by Gasteiger charge is -2.34. The van der Waals surface area contributed by atoms with E-state index >= 15 is 0 Å². The van der Waals surface area contributed by atoms with Gasteiger partial charge < -0.3 is 15.0 Å². The minimum atomic E-state index is -0.592. The van der Waals surface area contributed by atoms with Crippen LogP contribution in [0.2, 0.25) is 0 Å². The van der Waals surface area contributed by atoms with E-state index < -0.39 is 17.2 Å². The topological polar surface area (TPSA) is 146 Å². The van der Waals surface area contributed by atoms with E-state index in [1.807, 2.05) is 36.1 Å². The summed E-state index contributed by atoms with van der Waals surface area (Å²) in [6.07, 6.45) is 1.43. The first-order valence-corrected chi connectivity index (χ1v) is 15.3. The number of para-hydroxylation sites is 1. The third kappa shape index (κ3) is 5.85. The highest BCUT2D eigenvalue weighted by molar-refractivity contribution is 6.05. The van der Waals surface area contributed by atoms with Crippen molar-refractivity contribution in [3.05, 3.63) is 92.0 Å². The minimum absolute atomic E-state index is 0.113. The zero-order chi connectivity index (χ0) is 33.2. The summed E-state index contributed by atoms with van der Waals surface area (Å²) < 4.78 is 9.07. The number of carbonyl (C=O) groups excluding carboxylic acids is 2. The van der Waals surface area contributed by atoms with Crippen molar-refractivity contribution < 1.29 is 14.3 Å². The zero-order valence-corrected chi connectivity index (χ0v) is 26.6. The van der Waals surface area contributed by atoms with Gasteiger partial charge in [0.15, 0.2) is 11.2 Å². The molecule has 1 amide bonds. The van der Waals surface area contributed by atoms with Gasteiger partial charge in [-0.1, -0.05) is 36.3 Å². The predicted octanol–water partition coefficient (Wildman–Crippen LogP) is 2.41. The van der Waals surface area contributed by atoms with Gasteiger partial charge in [-0.05, 0) is 44.9 Å². The van der Waals surface area contributed by atoms with Gasteiger partial charge in [-0.3, -0.25) is 23.3 Å². The number of hydrogen-bond acceptors (Lipinski definition) is 9. The van der Waals surface area contributed by atoms with Crippen molar-refractivity contribution in [2.45, 2.75) is 45.8 Å². The Bertz CT molecular complexity index is 2220. The number of hydrogen-bond donors (Lipinski definition) is 1. The molecule has 13 nitrogen and oxygen atoms in total. The summed E-state index contributed by atoms with van der Waals surface area (Å²) in [4.78, 5) is 69.2. The van der Waals surface area contributed by atoms with Gasteiger partial charge in [0.2, 0.25) is 5.95 Å². The van der Waals surface area contributed by atoms with Crippen LogP contribution in [0.4, 0.5) is 5.95 Å². The SMILES string of the molecule is CC#CCn1c(N2CCCC(NC(=O)c3ccccc3C(=O)OC)C2)nc2c1c(=O)n(Cc1nc(C)c3ccccc3n1)c(=O)n2C. The highest BCUT2D eigenvalue weighted by atomic mass is 16.5. The number of esters is 1. The molecular formula is C34H34N8O5. The largest absolute Gasteiger partial charge is 0.465 e. The number of anilines is 1. The number of nitrogens with zero attached hydrogens (tertiary/aromatic N) is 7. The van der Waals surface area contributed by atoms with Crippen LogP contribution in [-0.2, 0) is 24.9 Å². The van der Waals surface area contributed by atoms with E-state index in [9.17, 15) is 19.2 Å². The molecule has 4 heterocycles. The third-order valence-corrected chi connectivity index (χ3v) is 8.38. The molecule has 2 aromatic carbocycles. The van der Waals surface area contributed by atoms with Gasteiger partial charge in [-0.25, -0.2) is 19.6 Å². The number of aryl methyl sites for hydroxylation is 2. The van der Waals surface area contributed by atoms with Gasteiger partial charge >= 0.3 is 11.7 Å². The number of carbonyl (C=O) groups is 2. The summed E-state index contributed by atoms with van der Waals surface area (Å²) in [5.74, 6) is 5.77. The first-order valence-electron chi connectivity index (χ1n) is 15.3. The molecule has 0 aliphatic carbocycles. The molecule has 3 aromatic heterocycles. The van der Waals surface area contributed by atoms with Crippen LogP contribution in [0, 0.1) is 18.8 Å². The second-order valence-corrected chi connectivity index (χ2v) is 11.4. The normalized spacial score (nSPS) is 14.6. The Kier molecular flexibility index (Phi) is 8.58. The number of methoxy groups -OCH3 is 1. The molecule has 1 N–H and O–H groups in total. The van der Waals surface area contributed by atoms with Gasteiger partial charge in [0.05, 0.1) is 36.8 Å². The number of aromatic nitrogens is 6. The minimum Gasteiger partial charge on any atom is -0.465 e. The Morgan fingerprint density at radius 2 is 1.77 bits per heavy atom. The molecule has 13 heteroatoms. The van der Waals surface area contributed by atoms with E-state index in [4.69, 9.17) is 9.72 Å². The van der Waals surface area contributed by atoms with E-state index in [1.54, 1.807) is 42.8 Å². The van der Waals surface area contributed by atoms with Crippen molar-refractivity contribution in [2.75, 3.05) is 25.1 Å². The first-order chi connectivity index (χ1) is 22.7. The van der Waals surface area contributed by atoms with Crippen molar-refractivity contribution >= 4 is 39.9 Å². The second kappa shape index (κ2) is 12.9. The summed E-state index contributed by atoms with van der Waals surface area (Å²) in [6, 6.07) is 13.8. The maximum Gasteiger partial charge on any atom is 0.338 e. The number of imidazole rings is 1. The van der Waals surface area contributed by atoms with Crippen LogP contribution in [0.1, 0.15) is 52.0 Å². The Morgan fingerprint density at radius 3 is 2.53 bits per heavy atom. The average Bonchev–Trinajstić information content (AvgIpc) is 3.48. The number of benzene rings is 2. The molecule has 1 aliphatic rings. The zero-order valence-electron chi connectivity index (χ0n) is 26.6. The van der Waals surface area contributed by atoms with E-state index in [1.165, 1.54) is 11.7 Å². The summed E-state index contributed by atoms with van der Waals surface area (Å²) >= 11 is 0. The van der Waals surface area contributed by atoms with Crippen molar-refractivity contribution in [3.63, 3.8) is 0 Å². The van der Waals surface area contributed by atoms with Crippen LogP contribution in [-0.4, -0.2) is 66.8 Å². The summed E-state index contributed by atoms with van der Waals surface area (Å²) in [7, 11) is 2.85. The Balaban J connectivity index is 1.36. The fraction of sp³-hybridized carbons (Fsp3) is 0.324. The van der Waals surface area contributed by atoms with Gasteiger partial charge in [0.25, 0.3) is 11.5 Å². The molecule has 0 radical (unpaired) electrons. The highest BCUT2D eigenvalue weighted by Crippen LogP contribution is 2.24. The molecule has 6 rings (SSSR count). The van der Waals surface area contributed by atoms with Crippen molar-refractivity contribution in [1.29, 1.82) is 0 Å². The van der Waals surface area contributed by atoms with Gasteiger partial charge in [0, 0.05) is 37.3 Å². The predicted molar refractivity (Wildman–Crippen MR) is 177 cm³/mol. The number of piperidine rings is 1. The number of amides is 1. The van der Waals surface area contributed by atoms with Crippen molar-refractivity contribution in [1.82, 2.24) is 34.0 Å². The van der Waals surface area contributed by atoms with Crippen LogP contribution >= 0.6 is 0 Å². The van der Waals surface area contributed by atoms with Crippen LogP contribution in [0.15, 0.2) is 58.1 Å². The van der Waals surface area contributed by atoms with Gasteiger partial charge in [-0.15, -0.1) is 5.92 Å². The van der Waals surface area contributed by atoms with Crippen LogP contribution in [0.3, 0.4) is 0 Å². The van der Waals surface area contributed by atoms with Gasteiger partial charge in [-0.2, -0.15) is 4.98 Å². The van der Waals surface area contributed by atoms with Gasteiger partial charge in [0.1, 0.15) is 5.82 Å². The molecule has 1 fully saturated rings. The lowest BCUT2D eigenvalue weighted by Crippen LogP contribution is -2.48. The smallest absolute Gasteiger partial charge is 0.338 e. The molecule has 240 valence electrons. The lowest BCUT2D eigenvalue weighted by atomic mass is 10.0. The fourth-order valence-corrected chi connectivity index (χ4v) is 6.06. The molecule has 0 saturated carbocycles. The van der Waals surface area contributed by atoms with Crippen molar-refractivity contribution in [3.8, 4) is 11.8 Å². The van der Waals surface area contributed by atoms with Crippen LogP contribution in [0.5, 0.6) is 0 Å². The quantitative estimate of drug-likeness (QED) is 0.211. The van der Waals surface area contributed by atoms with E-state index in [0.29, 0.717) is 31.3 Å². The van der Waals surface area contributed by atoms with E-state index in [2.05, 4.69) is 27.1 Å². The molecule has 1 unspecified atom stereocenters. The standard InChI is InChI=1S/C34H34N8O5/c1-5-6-18-41-28-29(39(3)34(46)42(31(28)44)20-27-35-21(2)23-13-9-10-16-26(23)37-27)38-33(41)40-17-11-12-22(19-40)36-30(43)24-14-7-8-15-25(24)32(45)47-4/h7-10,13-16,22H,11-12,17-20H2,1-4H3,(H,36,43). The molecular weight excluding hydrogens is 600 g/mol.